The fourth-order valence-corrected chi connectivity index (χ4v) is 3.35. The fraction of sp³-hybridized carbons (Fsp3) is 0.182. The number of carbonyl (C=O) groups excluding carboxylic acids is 4. The van der Waals surface area contributed by atoms with E-state index in [-0.39, 0.29) is 36.0 Å². The Morgan fingerprint density at radius 2 is 1.85 bits per heavy atom. The van der Waals surface area contributed by atoms with Crippen LogP contribution < -0.4 is 19.7 Å². The van der Waals surface area contributed by atoms with Gasteiger partial charge in [-0.3, -0.25) is 14.9 Å². The molecule has 9 nitrogen and oxygen atoms in total. The summed E-state index contributed by atoms with van der Waals surface area (Å²) in [5.74, 6) is -2.43. The normalized spacial score (nSPS) is 14.8. The van der Waals surface area contributed by atoms with E-state index in [0.717, 1.165) is 17.0 Å². The van der Waals surface area contributed by atoms with Gasteiger partial charge in [0.05, 0.1) is 19.4 Å². The molecule has 0 saturated carbocycles. The molecular formula is C22H18BrFN2O7. The Kier molecular flexibility index (Phi) is 7.44. The van der Waals surface area contributed by atoms with Gasteiger partial charge in [0.2, 0.25) is 0 Å². The van der Waals surface area contributed by atoms with Gasteiger partial charge < -0.3 is 14.2 Å². The molecule has 4 amide bonds. The zero-order valence-electron chi connectivity index (χ0n) is 17.5. The summed E-state index contributed by atoms with van der Waals surface area (Å²) in [7, 11) is 1.38. The van der Waals surface area contributed by atoms with Crippen LogP contribution in [0.15, 0.2) is 46.4 Å². The second kappa shape index (κ2) is 10.3. The number of ether oxygens (including phenoxy) is 3. The maximum Gasteiger partial charge on any atom is 0.344 e. The predicted octanol–water partition coefficient (Wildman–Crippen LogP) is 3.21. The Morgan fingerprint density at radius 1 is 1.15 bits per heavy atom. The molecule has 0 aromatic heterocycles. The highest BCUT2D eigenvalue weighted by atomic mass is 79.9. The number of benzene rings is 2. The molecule has 33 heavy (non-hydrogen) atoms. The molecular weight excluding hydrogens is 503 g/mol. The smallest absolute Gasteiger partial charge is 0.344 e. The summed E-state index contributed by atoms with van der Waals surface area (Å²) in [6.45, 7) is 1.54. The van der Waals surface area contributed by atoms with E-state index in [1.54, 1.807) is 6.92 Å². The molecule has 0 aliphatic carbocycles. The molecule has 1 heterocycles. The number of halogens is 2. The number of hydrogen-bond donors (Lipinski definition) is 1. The van der Waals surface area contributed by atoms with Crippen LogP contribution in [0.3, 0.4) is 0 Å². The first-order chi connectivity index (χ1) is 15.7. The van der Waals surface area contributed by atoms with Crippen molar-refractivity contribution in [2.75, 3.05) is 25.2 Å². The molecule has 172 valence electrons. The van der Waals surface area contributed by atoms with Crippen molar-refractivity contribution in [3.63, 3.8) is 0 Å². The number of barbiturate groups is 1. The first-order valence-electron chi connectivity index (χ1n) is 9.58. The number of amides is 4. The van der Waals surface area contributed by atoms with Crippen molar-refractivity contribution in [1.82, 2.24) is 5.32 Å². The van der Waals surface area contributed by atoms with Crippen LogP contribution in [0.4, 0.5) is 14.9 Å². The molecule has 0 spiro atoms. The maximum atomic E-state index is 13.2. The van der Waals surface area contributed by atoms with Crippen LogP contribution in [0, 0.1) is 5.82 Å². The van der Waals surface area contributed by atoms with Crippen molar-refractivity contribution >= 4 is 51.5 Å². The van der Waals surface area contributed by atoms with Gasteiger partial charge in [0.25, 0.3) is 11.8 Å². The Balaban J connectivity index is 1.94. The van der Waals surface area contributed by atoms with Gasteiger partial charge in [0.1, 0.15) is 11.4 Å². The molecule has 1 fully saturated rings. The van der Waals surface area contributed by atoms with Gasteiger partial charge >= 0.3 is 12.0 Å². The number of esters is 1. The molecule has 1 N–H and O–H groups in total. The third-order valence-electron chi connectivity index (χ3n) is 4.42. The van der Waals surface area contributed by atoms with E-state index < -0.39 is 29.6 Å². The molecule has 2 aromatic carbocycles. The van der Waals surface area contributed by atoms with Crippen molar-refractivity contribution in [2.24, 2.45) is 0 Å². The van der Waals surface area contributed by atoms with Gasteiger partial charge in [0, 0.05) is 4.47 Å². The van der Waals surface area contributed by atoms with E-state index in [1.807, 2.05) is 0 Å². The third-order valence-corrected chi connectivity index (χ3v) is 5.11. The molecule has 11 heteroatoms. The lowest BCUT2D eigenvalue weighted by Crippen LogP contribution is -2.54. The van der Waals surface area contributed by atoms with Crippen LogP contribution in [0.25, 0.3) is 6.08 Å². The summed E-state index contributed by atoms with van der Waals surface area (Å²) in [4.78, 5) is 49.9. The van der Waals surface area contributed by atoms with Crippen molar-refractivity contribution in [3.05, 3.63) is 57.8 Å². The largest absolute Gasteiger partial charge is 0.493 e. The van der Waals surface area contributed by atoms with E-state index in [4.69, 9.17) is 14.2 Å². The highest BCUT2D eigenvalue weighted by molar-refractivity contribution is 9.10. The van der Waals surface area contributed by atoms with Crippen LogP contribution in [0.1, 0.15) is 12.5 Å². The maximum absolute atomic E-state index is 13.2. The topological polar surface area (TPSA) is 111 Å². The minimum atomic E-state index is -0.951. The second-order valence-electron chi connectivity index (χ2n) is 6.55. The summed E-state index contributed by atoms with van der Waals surface area (Å²) in [5, 5.41) is 2.09. The second-order valence-corrected chi connectivity index (χ2v) is 7.41. The highest BCUT2D eigenvalue weighted by Crippen LogP contribution is 2.35. The molecule has 0 bridgehead atoms. The van der Waals surface area contributed by atoms with E-state index in [9.17, 15) is 23.6 Å². The standard InChI is InChI=1S/C22H18BrFN2O7/c1-3-32-19(27)11-33-18-10-16(23)12(9-17(18)31-2)8-15-20(28)25-22(30)26(21(15)29)14-6-4-13(24)5-7-14/h4-10H,3,11H2,1-2H3,(H,25,28,30)/b15-8+. The summed E-state index contributed by atoms with van der Waals surface area (Å²) in [6.07, 6.45) is 1.27. The van der Waals surface area contributed by atoms with Crippen molar-refractivity contribution in [2.45, 2.75) is 6.92 Å². The average molecular weight is 521 g/mol. The van der Waals surface area contributed by atoms with Gasteiger partial charge in [-0.1, -0.05) is 15.9 Å². The number of methoxy groups -OCH3 is 1. The van der Waals surface area contributed by atoms with Crippen LogP contribution in [0.2, 0.25) is 0 Å². The van der Waals surface area contributed by atoms with Gasteiger partial charge in [-0.2, -0.15) is 0 Å². The molecule has 1 aliphatic heterocycles. The van der Waals surface area contributed by atoms with Gasteiger partial charge in [0.15, 0.2) is 18.1 Å². The van der Waals surface area contributed by atoms with E-state index in [0.29, 0.717) is 10.0 Å². The lowest BCUT2D eigenvalue weighted by molar-refractivity contribution is -0.145. The highest BCUT2D eigenvalue weighted by Gasteiger charge is 2.37. The third kappa shape index (κ3) is 5.37. The average Bonchev–Trinajstić information content (AvgIpc) is 2.77. The lowest BCUT2D eigenvalue weighted by Gasteiger charge is -2.26. The Hall–Kier alpha value is -3.73. The minimum Gasteiger partial charge on any atom is -0.493 e. The Bertz CT molecular complexity index is 1150. The number of hydrogen-bond acceptors (Lipinski definition) is 7. The van der Waals surface area contributed by atoms with E-state index >= 15 is 0 Å². The minimum absolute atomic E-state index is 0.0941. The quantitative estimate of drug-likeness (QED) is 0.339. The summed E-state index contributed by atoms with van der Waals surface area (Å²) < 4.78 is 29.2. The number of nitrogens with zero attached hydrogens (tertiary/aromatic N) is 1. The SMILES string of the molecule is CCOC(=O)COc1cc(Br)c(/C=C2\C(=O)NC(=O)N(c3ccc(F)cc3)C2=O)cc1OC. The first-order valence-corrected chi connectivity index (χ1v) is 10.4. The summed E-state index contributed by atoms with van der Waals surface area (Å²) >= 11 is 3.33. The number of rotatable bonds is 7. The van der Waals surface area contributed by atoms with Gasteiger partial charge in [-0.05, 0) is 55.0 Å². The van der Waals surface area contributed by atoms with E-state index in [1.165, 1.54) is 37.5 Å². The van der Waals surface area contributed by atoms with Crippen molar-refractivity contribution < 1.29 is 37.8 Å². The molecule has 0 radical (unpaired) electrons. The van der Waals surface area contributed by atoms with E-state index in [2.05, 4.69) is 21.2 Å². The number of imide groups is 2. The summed E-state index contributed by atoms with van der Waals surface area (Å²) in [5.41, 5.74) is 0.126. The Labute approximate surface area is 196 Å². The molecule has 1 aliphatic rings. The first kappa shape index (κ1) is 23.9. The van der Waals surface area contributed by atoms with Crippen LogP contribution in [-0.2, 0) is 19.1 Å². The molecule has 0 unspecified atom stereocenters. The molecule has 1 saturated heterocycles. The Morgan fingerprint density at radius 3 is 2.48 bits per heavy atom. The molecule has 3 rings (SSSR count). The lowest BCUT2D eigenvalue weighted by atomic mass is 10.1. The summed E-state index contributed by atoms with van der Waals surface area (Å²) in [6, 6.07) is 6.70. The number of anilines is 1. The fourth-order valence-electron chi connectivity index (χ4n) is 2.91. The van der Waals surface area contributed by atoms with Gasteiger partial charge in [-0.15, -0.1) is 0 Å². The number of urea groups is 1. The van der Waals surface area contributed by atoms with Crippen LogP contribution in [0.5, 0.6) is 11.5 Å². The molecule has 0 atom stereocenters. The monoisotopic (exact) mass is 520 g/mol. The van der Waals surface area contributed by atoms with Crippen LogP contribution >= 0.6 is 15.9 Å². The van der Waals surface area contributed by atoms with Gasteiger partial charge in [-0.25, -0.2) is 18.9 Å². The van der Waals surface area contributed by atoms with Crippen LogP contribution in [-0.4, -0.2) is 44.1 Å². The molecule has 2 aromatic rings. The van der Waals surface area contributed by atoms with Crippen molar-refractivity contribution in [1.29, 1.82) is 0 Å². The zero-order valence-corrected chi connectivity index (χ0v) is 19.1. The zero-order chi connectivity index (χ0) is 24.1. The number of nitrogens with one attached hydrogen (secondary N) is 1. The predicted molar refractivity (Wildman–Crippen MR) is 118 cm³/mol. The van der Waals surface area contributed by atoms with Crippen molar-refractivity contribution in [3.8, 4) is 11.5 Å². The number of carbonyl (C=O) groups is 4.